The highest BCUT2D eigenvalue weighted by Gasteiger charge is 2.32. The van der Waals surface area contributed by atoms with Crippen LogP contribution in [0.25, 0.3) is 11.4 Å². The Morgan fingerprint density at radius 2 is 1.81 bits per heavy atom. The average molecular weight is 774 g/mol. The molecule has 3 N–H and O–H groups in total. The Kier molecular flexibility index (Phi) is 11.2. The average Bonchev–Trinajstić information content (AvgIpc) is 3.62. The molecule has 0 saturated carbocycles. The molecule has 6 rings (SSSR count). The van der Waals surface area contributed by atoms with Crippen LogP contribution in [-0.2, 0) is 33.5 Å². The van der Waals surface area contributed by atoms with Crippen molar-refractivity contribution in [2.24, 2.45) is 0 Å². The minimum Gasteiger partial charge on any atom is -0.388 e. The highest BCUT2D eigenvalue weighted by Crippen LogP contribution is 2.34. The smallest absolute Gasteiger partial charge is 0.388 e. The Morgan fingerprint density at radius 1 is 1.06 bits per heavy atom. The first-order valence-electron chi connectivity index (χ1n) is 17.0. The van der Waals surface area contributed by atoms with Gasteiger partial charge in [0.2, 0.25) is 17.6 Å². The first-order valence-corrected chi connectivity index (χ1v) is 17.4. The number of ether oxygens (including phenoxy) is 1. The van der Waals surface area contributed by atoms with Crippen LogP contribution in [-0.4, -0.2) is 94.8 Å². The Morgan fingerprint density at radius 3 is 2.44 bits per heavy atom. The fraction of sp³-hybridized carbons (Fsp3) is 0.371. The third-order valence-corrected chi connectivity index (χ3v) is 9.45. The van der Waals surface area contributed by atoms with Crippen LogP contribution in [0.3, 0.4) is 0 Å². The summed E-state index contributed by atoms with van der Waals surface area (Å²) in [5, 5.41) is 12.0. The Labute approximate surface area is 310 Å². The summed E-state index contributed by atoms with van der Waals surface area (Å²) >= 11 is 6.11. The number of alkyl halides is 3. The summed E-state index contributed by atoms with van der Waals surface area (Å²) in [6.07, 6.45) is -2.05. The minimum atomic E-state index is -4.62. The topological polar surface area (TPSA) is 155 Å². The lowest BCUT2D eigenvalue weighted by Gasteiger charge is -2.36. The normalized spacial score (nSPS) is 14.9. The van der Waals surface area contributed by atoms with Crippen molar-refractivity contribution in [2.75, 3.05) is 68.5 Å². The number of hydrogen-bond donors (Lipinski definition) is 3. The van der Waals surface area contributed by atoms with Crippen molar-refractivity contribution in [1.29, 1.82) is 0 Å². The van der Waals surface area contributed by atoms with E-state index in [1.807, 2.05) is 6.08 Å². The van der Waals surface area contributed by atoms with Crippen molar-refractivity contribution in [2.45, 2.75) is 32.5 Å². The van der Waals surface area contributed by atoms with Crippen molar-refractivity contribution in [3.63, 3.8) is 0 Å². The lowest BCUT2D eigenvalue weighted by molar-refractivity contribution is -0.137. The van der Waals surface area contributed by atoms with Crippen molar-refractivity contribution in [3.05, 3.63) is 86.3 Å². The second kappa shape index (κ2) is 15.9. The van der Waals surface area contributed by atoms with E-state index in [1.54, 1.807) is 24.9 Å². The first-order chi connectivity index (χ1) is 25.8. The van der Waals surface area contributed by atoms with E-state index in [0.29, 0.717) is 31.0 Å². The minimum absolute atomic E-state index is 0.0340. The summed E-state index contributed by atoms with van der Waals surface area (Å²) in [4.78, 5) is 61.3. The fourth-order valence-electron chi connectivity index (χ4n) is 6.32. The van der Waals surface area contributed by atoms with Gasteiger partial charge in [-0.1, -0.05) is 24.6 Å². The molecule has 0 bridgehead atoms. The number of nitrogens with one attached hydrogen (secondary N) is 3. The molecular formula is C35H36ClF4N9O5. The SMILES string of the molecule is CCc1c(N2CCN(C(=O)CNC(=O)c3ccc(NC)cc3F)CC2)c(=O)n2nc(C3=CCOCC3)nc2n1CC(=O)Nc1ccc(C(F)(F)F)cc1Cl. The number of carbonyl (C=O) groups is 3. The summed E-state index contributed by atoms with van der Waals surface area (Å²) in [5.41, 5.74) is 0.230. The largest absolute Gasteiger partial charge is 0.416 e. The summed E-state index contributed by atoms with van der Waals surface area (Å²) < 4.78 is 62.1. The van der Waals surface area contributed by atoms with E-state index in [9.17, 15) is 36.7 Å². The molecule has 1 fully saturated rings. The molecule has 1 saturated heterocycles. The maximum Gasteiger partial charge on any atom is 0.416 e. The zero-order valence-electron chi connectivity index (χ0n) is 29.2. The molecule has 14 nitrogen and oxygen atoms in total. The lowest BCUT2D eigenvalue weighted by Crippen LogP contribution is -2.52. The molecule has 19 heteroatoms. The van der Waals surface area contributed by atoms with Gasteiger partial charge in [-0.25, -0.2) is 4.39 Å². The molecule has 0 aliphatic carbocycles. The molecule has 0 radical (unpaired) electrons. The van der Waals surface area contributed by atoms with Gasteiger partial charge < -0.3 is 35.1 Å². The maximum absolute atomic E-state index is 14.4. The van der Waals surface area contributed by atoms with Gasteiger partial charge in [0.05, 0.1) is 47.3 Å². The molecule has 4 heterocycles. The Hall–Kier alpha value is -5.49. The summed E-state index contributed by atoms with van der Waals surface area (Å²) in [7, 11) is 1.62. The predicted octanol–water partition coefficient (Wildman–Crippen LogP) is 3.83. The van der Waals surface area contributed by atoms with E-state index in [4.69, 9.17) is 16.3 Å². The number of benzene rings is 2. The molecule has 2 aliphatic rings. The molecule has 2 aliphatic heterocycles. The zero-order valence-corrected chi connectivity index (χ0v) is 30.0. The van der Waals surface area contributed by atoms with E-state index >= 15 is 0 Å². The number of amides is 3. The van der Waals surface area contributed by atoms with Crippen LogP contribution in [0.15, 0.2) is 47.3 Å². The van der Waals surface area contributed by atoms with Crippen LogP contribution in [0.1, 0.15) is 40.8 Å². The number of nitrogens with zero attached hydrogens (tertiary/aromatic N) is 6. The molecule has 54 heavy (non-hydrogen) atoms. The van der Waals surface area contributed by atoms with Crippen molar-refractivity contribution in [3.8, 4) is 0 Å². The summed E-state index contributed by atoms with van der Waals surface area (Å²) in [5.74, 6) is -2.16. The molecule has 2 aromatic heterocycles. The van der Waals surface area contributed by atoms with E-state index in [0.717, 1.165) is 28.3 Å². The third-order valence-electron chi connectivity index (χ3n) is 9.13. The molecular weight excluding hydrogens is 738 g/mol. The van der Waals surface area contributed by atoms with Crippen LogP contribution in [0, 0.1) is 5.82 Å². The van der Waals surface area contributed by atoms with E-state index in [2.05, 4.69) is 26.0 Å². The summed E-state index contributed by atoms with van der Waals surface area (Å²) in [6, 6.07) is 6.63. The Balaban J connectivity index is 1.24. The number of hydrogen-bond acceptors (Lipinski definition) is 9. The highest BCUT2D eigenvalue weighted by atomic mass is 35.5. The van der Waals surface area contributed by atoms with Crippen molar-refractivity contribution in [1.82, 2.24) is 29.4 Å². The second-order valence-corrected chi connectivity index (χ2v) is 12.9. The van der Waals surface area contributed by atoms with Gasteiger partial charge in [0, 0.05) is 38.9 Å². The van der Waals surface area contributed by atoms with Crippen LogP contribution >= 0.6 is 11.6 Å². The van der Waals surface area contributed by atoms with Gasteiger partial charge >= 0.3 is 6.18 Å². The van der Waals surface area contributed by atoms with Gasteiger partial charge in [-0.3, -0.25) is 19.2 Å². The van der Waals surface area contributed by atoms with Gasteiger partial charge in [0.25, 0.3) is 11.5 Å². The van der Waals surface area contributed by atoms with E-state index in [1.165, 1.54) is 21.6 Å². The molecule has 3 amide bonds. The van der Waals surface area contributed by atoms with E-state index in [-0.39, 0.29) is 72.7 Å². The first kappa shape index (κ1) is 38.2. The van der Waals surface area contributed by atoms with Gasteiger partial charge in [-0.15, -0.1) is 5.10 Å². The van der Waals surface area contributed by atoms with Gasteiger partial charge in [0.15, 0.2) is 5.82 Å². The number of aromatic nitrogens is 4. The highest BCUT2D eigenvalue weighted by molar-refractivity contribution is 6.33. The molecule has 0 atom stereocenters. The van der Waals surface area contributed by atoms with Crippen LogP contribution in [0.4, 0.5) is 34.6 Å². The van der Waals surface area contributed by atoms with Crippen LogP contribution in [0.5, 0.6) is 0 Å². The Bertz CT molecular complexity index is 2200. The monoisotopic (exact) mass is 773 g/mol. The van der Waals surface area contributed by atoms with Gasteiger partial charge in [-0.2, -0.15) is 22.7 Å². The standard InChI is InChI=1S/C35H36ClF4N9O5/c1-3-27-30(47-12-10-46(11-13-47)29(51)18-42-32(52)23-6-5-22(41-2)17-25(23)37)33(53)49-34(44-31(45-49)20-8-14-54-15-9-20)48(27)19-28(50)43-26-7-4-21(16-24(26)36)35(38,39)40/h4-8,16-17,41H,3,9-15,18-19H2,1-2H3,(H,42,52)(H,43,50). The van der Waals surface area contributed by atoms with Crippen molar-refractivity contribution < 1.29 is 36.7 Å². The van der Waals surface area contributed by atoms with E-state index < -0.39 is 47.4 Å². The number of halogens is 5. The van der Waals surface area contributed by atoms with Crippen LogP contribution in [0.2, 0.25) is 5.02 Å². The molecule has 0 spiro atoms. The van der Waals surface area contributed by atoms with Crippen molar-refractivity contribution >= 4 is 57.7 Å². The number of rotatable bonds is 10. The number of fused-ring (bicyclic) bond motifs is 1. The molecule has 2 aromatic carbocycles. The van der Waals surface area contributed by atoms with Crippen LogP contribution < -0.4 is 26.4 Å². The number of anilines is 3. The van der Waals surface area contributed by atoms with Gasteiger partial charge in [0.1, 0.15) is 18.0 Å². The van der Waals surface area contributed by atoms with Gasteiger partial charge in [-0.05, 0) is 54.8 Å². The lowest BCUT2D eigenvalue weighted by atomic mass is 10.1. The second-order valence-electron chi connectivity index (χ2n) is 12.5. The maximum atomic E-state index is 14.4. The number of carbonyl (C=O) groups excluding carboxylic acids is 3. The predicted molar refractivity (Wildman–Crippen MR) is 192 cm³/mol. The fourth-order valence-corrected chi connectivity index (χ4v) is 6.55. The zero-order chi connectivity index (χ0) is 38.7. The molecule has 0 unspecified atom stereocenters. The quantitative estimate of drug-likeness (QED) is 0.204. The third kappa shape index (κ3) is 8.03. The molecule has 4 aromatic rings. The number of piperazine rings is 1. The molecule has 286 valence electrons. The summed E-state index contributed by atoms with van der Waals surface area (Å²) in [6.45, 7) is 2.60.